The topological polar surface area (TPSA) is 84.8 Å². The van der Waals surface area contributed by atoms with Crippen LogP contribution >= 0.6 is 0 Å². The second-order valence-electron chi connectivity index (χ2n) is 5.99. The number of hydrogen-bond acceptors (Lipinski definition) is 6. The van der Waals surface area contributed by atoms with Crippen molar-refractivity contribution in [3.63, 3.8) is 0 Å². The molecule has 132 valence electrons. The van der Waals surface area contributed by atoms with Crippen LogP contribution in [-0.4, -0.2) is 44.4 Å². The molecule has 0 bridgehead atoms. The van der Waals surface area contributed by atoms with Gasteiger partial charge in [-0.25, -0.2) is 0 Å². The first-order valence-electron chi connectivity index (χ1n) is 8.49. The first kappa shape index (κ1) is 17.3. The molecule has 2 N–H and O–H groups in total. The van der Waals surface area contributed by atoms with Crippen LogP contribution in [0.1, 0.15) is 17.1 Å². The van der Waals surface area contributed by atoms with E-state index in [1.165, 1.54) is 4.90 Å². The third kappa shape index (κ3) is 4.72. The Bertz CT molecular complexity index is 732. The van der Waals surface area contributed by atoms with Crippen LogP contribution in [0.5, 0.6) is 5.75 Å². The van der Waals surface area contributed by atoms with E-state index in [2.05, 4.69) is 16.4 Å². The Morgan fingerprint density at radius 3 is 2.88 bits per heavy atom. The number of quaternary nitrogens is 1. The Morgan fingerprint density at radius 1 is 1.32 bits per heavy atom. The lowest BCUT2D eigenvalue weighted by Gasteiger charge is -2.23. The number of nitrogens with zero attached hydrogens (tertiary/aromatic N) is 2. The van der Waals surface area contributed by atoms with Crippen molar-refractivity contribution >= 4 is 5.88 Å². The molecule has 1 aliphatic heterocycles. The molecule has 7 nitrogen and oxygen atoms in total. The number of nitriles is 1. The predicted octanol–water partition coefficient (Wildman–Crippen LogP) is 0.761. The largest absolute Gasteiger partial charge is 0.484 e. The molecular formula is C18H23N4O3+. The Morgan fingerprint density at radius 2 is 2.12 bits per heavy atom. The summed E-state index contributed by atoms with van der Waals surface area (Å²) < 4.78 is 16.7. The van der Waals surface area contributed by atoms with E-state index in [0.29, 0.717) is 11.8 Å². The van der Waals surface area contributed by atoms with Crippen molar-refractivity contribution in [1.29, 1.82) is 5.26 Å². The number of ether oxygens (including phenoxy) is 2. The number of morpholine rings is 1. The molecule has 1 aromatic heterocycles. The zero-order chi connectivity index (χ0) is 17.5. The lowest BCUT2D eigenvalue weighted by molar-refractivity contribution is -0.906. The average Bonchev–Trinajstić information content (AvgIpc) is 3.04. The molecule has 0 spiro atoms. The van der Waals surface area contributed by atoms with Gasteiger partial charge >= 0.3 is 0 Å². The van der Waals surface area contributed by atoms with Crippen molar-refractivity contribution in [1.82, 2.24) is 4.98 Å². The van der Waals surface area contributed by atoms with Crippen LogP contribution in [0, 0.1) is 18.3 Å². The Kier molecular flexibility index (Phi) is 5.88. The van der Waals surface area contributed by atoms with Crippen LogP contribution in [-0.2, 0) is 11.3 Å². The first-order chi connectivity index (χ1) is 12.3. The monoisotopic (exact) mass is 343 g/mol. The second kappa shape index (κ2) is 8.51. The molecule has 1 saturated heterocycles. The van der Waals surface area contributed by atoms with Crippen molar-refractivity contribution in [2.45, 2.75) is 13.5 Å². The maximum atomic E-state index is 9.23. The molecule has 1 fully saturated rings. The number of hydrogen-bond donors (Lipinski definition) is 2. The minimum absolute atomic E-state index is 0.190. The van der Waals surface area contributed by atoms with Gasteiger partial charge in [-0.05, 0) is 18.6 Å². The Balaban J connectivity index is 1.54. The summed E-state index contributed by atoms with van der Waals surface area (Å²) in [5.41, 5.74) is 1.31. The standard InChI is InChI=1S/C18H22N4O3/c1-14-4-2-3-5-16(14)24-13-17-21-15(12-19)18(25-17)20-6-7-22-8-10-23-11-9-22/h2-5,20H,6-11,13H2,1H3/p+1. The lowest BCUT2D eigenvalue weighted by Crippen LogP contribution is -3.14. The van der Waals surface area contributed by atoms with Crippen LogP contribution < -0.4 is 15.0 Å². The van der Waals surface area contributed by atoms with Gasteiger partial charge in [-0.2, -0.15) is 10.2 Å². The van der Waals surface area contributed by atoms with E-state index in [4.69, 9.17) is 13.9 Å². The predicted molar refractivity (Wildman–Crippen MR) is 91.6 cm³/mol. The molecule has 0 atom stereocenters. The second-order valence-corrected chi connectivity index (χ2v) is 5.99. The molecule has 1 aromatic carbocycles. The molecule has 25 heavy (non-hydrogen) atoms. The van der Waals surface area contributed by atoms with Gasteiger partial charge in [-0.15, -0.1) is 0 Å². The van der Waals surface area contributed by atoms with Crippen molar-refractivity contribution in [2.24, 2.45) is 0 Å². The summed E-state index contributed by atoms with van der Waals surface area (Å²) in [5.74, 6) is 1.59. The third-order valence-electron chi connectivity index (χ3n) is 4.19. The first-order valence-corrected chi connectivity index (χ1v) is 8.49. The molecule has 3 rings (SSSR count). The normalized spacial score (nSPS) is 14.9. The molecule has 0 saturated carbocycles. The van der Waals surface area contributed by atoms with E-state index >= 15 is 0 Å². The highest BCUT2D eigenvalue weighted by molar-refractivity contribution is 5.45. The third-order valence-corrected chi connectivity index (χ3v) is 4.19. The van der Waals surface area contributed by atoms with Gasteiger partial charge in [0.25, 0.3) is 0 Å². The summed E-state index contributed by atoms with van der Waals surface area (Å²) in [6, 6.07) is 9.81. The van der Waals surface area contributed by atoms with Gasteiger partial charge in [-0.1, -0.05) is 18.2 Å². The fourth-order valence-electron chi connectivity index (χ4n) is 2.74. The van der Waals surface area contributed by atoms with Crippen LogP contribution in [0.15, 0.2) is 28.7 Å². The van der Waals surface area contributed by atoms with Gasteiger partial charge in [0.05, 0.1) is 26.3 Å². The van der Waals surface area contributed by atoms with Crippen LogP contribution in [0.25, 0.3) is 0 Å². The van der Waals surface area contributed by atoms with E-state index in [1.807, 2.05) is 31.2 Å². The van der Waals surface area contributed by atoms with E-state index in [-0.39, 0.29) is 12.3 Å². The van der Waals surface area contributed by atoms with E-state index < -0.39 is 0 Å². The molecule has 7 heteroatoms. The van der Waals surface area contributed by atoms with E-state index in [0.717, 1.165) is 50.7 Å². The number of para-hydroxylation sites is 1. The molecule has 2 heterocycles. The Hall–Kier alpha value is -2.56. The van der Waals surface area contributed by atoms with Gasteiger partial charge in [-0.3, -0.25) is 0 Å². The number of nitrogens with one attached hydrogen (secondary N) is 2. The minimum atomic E-state index is 0.190. The summed E-state index contributed by atoms with van der Waals surface area (Å²) in [5, 5.41) is 12.4. The van der Waals surface area contributed by atoms with Gasteiger partial charge in [0, 0.05) is 0 Å². The number of benzene rings is 1. The highest BCUT2D eigenvalue weighted by Gasteiger charge is 2.16. The number of rotatable bonds is 7. The fourth-order valence-corrected chi connectivity index (χ4v) is 2.74. The molecule has 0 amide bonds. The zero-order valence-corrected chi connectivity index (χ0v) is 14.4. The van der Waals surface area contributed by atoms with Crippen LogP contribution in [0.3, 0.4) is 0 Å². The number of anilines is 1. The molecule has 2 aromatic rings. The summed E-state index contributed by atoms with van der Waals surface area (Å²) in [6.45, 7) is 7.48. The smallest absolute Gasteiger partial charge is 0.236 e. The number of oxazole rings is 1. The van der Waals surface area contributed by atoms with Crippen LogP contribution in [0.4, 0.5) is 5.88 Å². The summed E-state index contributed by atoms with van der Waals surface area (Å²) in [6.07, 6.45) is 0. The van der Waals surface area contributed by atoms with E-state index in [9.17, 15) is 5.26 Å². The van der Waals surface area contributed by atoms with Crippen molar-refractivity contribution < 1.29 is 18.8 Å². The number of aryl methyl sites for hydroxylation is 1. The fraction of sp³-hybridized carbons (Fsp3) is 0.444. The average molecular weight is 343 g/mol. The van der Waals surface area contributed by atoms with Crippen molar-refractivity contribution in [3.8, 4) is 11.8 Å². The van der Waals surface area contributed by atoms with Crippen LogP contribution in [0.2, 0.25) is 0 Å². The molecular weight excluding hydrogens is 320 g/mol. The summed E-state index contributed by atoms with van der Waals surface area (Å²) >= 11 is 0. The van der Waals surface area contributed by atoms with Gasteiger partial charge < -0.3 is 24.1 Å². The van der Waals surface area contributed by atoms with Gasteiger partial charge in [0.1, 0.15) is 24.9 Å². The van der Waals surface area contributed by atoms with Gasteiger partial charge in [0.15, 0.2) is 6.61 Å². The van der Waals surface area contributed by atoms with E-state index in [1.54, 1.807) is 0 Å². The van der Waals surface area contributed by atoms with Crippen molar-refractivity contribution in [3.05, 3.63) is 41.4 Å². The molecule has 0 unspecified atom stereocenters. The molecule has 0 radical (unpaired) electrons. The summed E-state index contributed by atoms with van der Waals surface area (Å²) in [4.78, 5) is 5.68. The Labute approximate surface area is 147 Å². The van der Waals surface area contributed by atoms with Gasteiger partial charge in [0.2, 0.25) is 17.5 Å². The highest BCUT2D eigenvalue weighted by atomic mass is 16.5. The SMILES string of the molecule is Cc1ccccc1OCc1nc(C#N)c(NCC[NH+]2CCOCC2)o1. The molecule has 1 aliphatic rings. The number of aromatic nitrogens is 1. The minimum Gasteiger partial charge on any atom is -0.484 e. The lowest BCUT2D eigenvalue weighted by atomic mass is 10.2. The van der Waals surface area contributed by atoms with Crippen molar-refractivity contribution in [2.75, 3.05) is 44.7 Å². The highest BCUT2D eigenvalue weighted by Crippen LogP contribution is 2.20. The maximum absolute atomic E-state index is 9.23. The summed E-state index contributed by atoms with van der Waals surface area (Å²) in [7, 11) is 0. The molecule has 0 aliphatic carbocycles. The zero-order valence-electron chi connectivity index (χ0n) is 14.4. The maximum Gasteiger partial charge on any atom is 0.236 e. The quantitative estimate of drug-likeness (QED) is 0.772.